The summed E-state index contributed by atoms with van der Waals surface area (Å²) in [5, 5.41) is 3.94. The second-order valence-corrected chi connectivity index (χ2v) is 7.63. The lowest BCUT2D eigenvalue weighted by atomic mass is 10.1. The first-order valence-electron chi connectivity index (χ1n) is 10.2. The van der Waals surface area contributed by atoms with Gasteiger partial charge in [0.05, 0.1) is 11.0 Å². The lowest BCUT2D eigenvalue weighted by molar-refractivity contribution is 0.615. The van der Waals surface area contributed by atoms with E-state index in [4.69, 9.17) is 25.3 Å². The van der Waals surface area contributed by atoms with E-state index >= 15 is 0 Å². The molecule has 0 radical (unpaired) electrons. The molecule has 6 aromatic rings. The fraction of sp³-hybridized carbons (Fsp3) is 0. The summed E-state index contributed by atoms with van der Waals surface area (Å²) in [5.74, 6) is 0.666. The minimum atomic E-state index is 0.137. The number of hydrogen-bond donors (Lipinski definition) is 2. The summed E-state index contributed by atoms with van der Waals surface area (Å²) in [6.45, 7) is 0. The van der Waals surface area contributed by atoms with Gasteiger partial charge in [-0.25, -0.2) is 4.99 Å². The predicted octanol–water partition coefficient (Wildman–Crippen LogP) is 5.79. The lowest BCUT2D eigenvalue weighted by Gasteiger charge is -2.07. The standard InChI is InChI=1S/C26H18N4O2/c27-18-6-8-19(9-7-18)29-22-14-23(17-5-10-21-25(13-17)32-26(28)30-21)31-24-12-16-4-2-1-3-15(16)11-20(22)24/h1-14H,27H2,(H2,28,30). The van der Waals surface area contributed by atoms with Crippen molar-refractivity contribution in [3.8, 4) is 11.3 Å². The molecule has 0 bridgehead atoms. The Morgan fingerprint density at radius 3 is 2.31 bits per heavy atom. The van der Waals surface area contributed by atoms with Crippen LogP contribution in [-0.2, 0) is 0 Å². The maximum atomic E-state index is 6.34. The molecule has 6 rings (SSSR count). The second-order valence-electron chi connectivity index (χ2n) is 7.63. The molecular weight excluding hydrogens is 400 g/mol. The number of nitrogens with zero attached hydrogens (tertiary/aromatic N) is 2. The topological polar surface area (TPSA) is 104 Å². The zero-order valence-corrected chi connectivity index (χ0v) is 16.9. The van der Waals surface area contributed by atoms with Crippen LogP contribution in [-0.4, -0.2) is 4.98 Å². The quantitative estimate of drug-likeness (QED) is 0.274. The highest BCUT2D eigenvalue weighted by molar-refractivity contribution is 5.96. The van der Waals surface area contributed by atoms with Crippen LogP contribution in [0.3, 0.4) is 0 Å². The summed E-state index contributed by atoms with van der Waals surface area (Å²) in [4.78, 5) is 9.06. The first-order valence-corrected chi connectivity index (χ1v) is 10.2. The Morgan fingerprint density at radius 1 is 0.719 bits per heavy atom. The number of nitrogen functional groups attached to an aromatic ring is 2. The summed E-state index contributed by atoms with van der Waals surface area (Å²) in [6.07, 6.45) is 0. The molecule has 154 valence electrons. The third-order valence-electron chi connectivity index (χ3n) is 5.44. The highest BCUT2D eigenvalue weighted by Gasteiger charge is 2.11. The zero-order chi connectivity index (χ0) is 21.7. The molecule has 4 aromatic carbocycles. The fourth-order valence-corrected chi connectivity index (χ4v) is 3.87. The Morgan fingerprint density at radius 2 is 1.50 bits per heavy atom. The molecule has 6 nitrogen and oxygen atoms in total. The molecule has 0 fully saturated rings. The summed E-state index contributed by atoms with van der Waals surface area (Å²) in [6, 6.07) is 27.6. The molecule has 2 heterocycles. The first-order chi connectivity index (χ1) is 15.6. The monoisotopic (exact) mass is 418 g/mol. The summed E-state index contributed by atoms with van der Waals surface area (Å²) in [7, 11) is 0. The van der Waals surface area contributed by atoms with Gasteiger partial charge < -0.3 is 20.3 Å². The van der Waals surface area contributed by atoms with Gasteiger partial charge in [0, 0.05) is 22.7 Å². The average Bonchev–Trinajstić information content (AvgIpc) is 3.18. The van der Waals surface area contributed by atoms with E-state index in [0.29, 0.717) is 22.5 Å². The maximum Gasteiger partial charge on any atom is 0.292 e. The van der Waals surface area contributed by atoms with Crippen molar-refractivity contribution in [1.82, 2.24) is 4.98 Å². The number of anilines is 2. The van der Waals surface area contributed by atoms with Crippen molar-refractivity contribution in [2.24, 2.45) is 4.99 Å². The molecular formula is C26H18N4O2. The number of fused-ring (bicyclic) bond motifs is 3. The lowest BCUT2D eigenvalue weighted by Crippen LogP contribution is -2.03. The minimum absolute atomic E-state index is 0.137. The number of nitrogens with two attached hydrogens (primary N) is 2. The van der Waals surface area contributed by atoms with Gasteiger partial charge in [-0.15, -0.1) is 0 Å². The van der Waals surface area contributed by atoms with Crippen molar-refractivity contribution in [2.45, 2.75) is 0 Å². The highest BCUT2D eigenvalue weighted by Crippen LogP contribution is 2.29. The normalized spacial score (nSPS) is 12.2. The Kier molecular flexibility index (Phi) is 3.98. The summed E-state index contributed by atoms with van der Waals surface area (Å²) in [5.41, 5.74) is 15.9. The van der Waals surface area contributed by atoms with Crippen molar-refractivity contribution in [3.63, 3.8) is 0 Å². The molecule has 0 unspecified atom stereocenters. The molecule has 2 aromatic heterocycles. The number of hydrogen-bond acceptors (Lipinski definition) is 6. The van der Waals surface area contributed by atoms with Gasteiger partial charge in [0.15, 0.2) is 5.58 Å². The minimum Gasteiger partial charge on any atom is -0.456 e. The smallest absolute Gasteiger partial charge is 0.292 e. The van der Waals surface area contributed by atoms with Crippen LogP contribution in [0, 0.1) is 0 Å². The van der Waals surface area contributed by atoms with Gasteiger partial charge in [0.1, 0.15) is 16.9 Å². The molecule has 0 spiro atoms. The van der Waals surface area contributed by atoms with Crippen LogP contribution >= 0.6 is 0 Å². The predicted molar refractivity (Wildman–Crippen MR) is 127 cm³/mol. The summed E-state index contributed by atoms with van der Waals surface area (Å²) < 4.78 is 11.8. The van der Waals surface area contributed by atoms with E-state index in [9.17, 15) is 0 Å². The molecule has 0 aliphatic heterocycles. The SMILES string of the molecule is Nc1ccc(N=c2cc(-c3ccc4nc(N)oc4c3)oc3cc4ccccc4cc23)cc1. The van der Waals surface area contributed by atoms with Crippen molar-refractivity contribution < 1.29 is 8.83 Å². The van der Waals surface area contributed by atoms with Gasteiger partial charge in [-0.1, -0.05) is 24.3 Å². The molecule has 0 aliphatic rings. The van der Waals surface area contributed by atoms with Gasteiger partial charge in [0.2, 0.25) is 0 Å². The van der Waals surface area contributed by atoms with Crippen LogP contribution in [0.15, 0.2) is 98.8 Å². The number of rotatable bonds is 2. The van der Waals surface area contributed by atoms with Gasteiger partial charge in [-0.2, -0.15) is 4.98 Å². The molecule has 6 heteroatoms. The molecule has 0 atom stereocenters. The van der Waals surface area contributed by atoms with Crippen molar-refractivity contribution in [1.29, 1.82) is 0 Å². The Labute approximate surface area is 182 Å². The Bertz CT molecular complexity index is 1700. The van der Waals surface area contributed by atoms with Crippen LogP contribution in [0.25, 0.3) is 44.2 Å². The van der Waals surface area contributed by atoms with E-state index in [2.05, 4.69) is 23.2 Å². The molecule has 32 heavy (non-hydrogen) atoms. The van der Waals surface area contributed by atoms with Crippen LogP contribution in [0.5, 0.6) is 0 Å². The van der Waals surface area contributed by atoms with E-state index in [1.165, 1.54) is 0 Å². The van der Waals surface area contributed by atoms with Gasteiger partial charge in [-0.05, 0) is 65.4 Å². The molecule has 0 saturated heterocycles. The molecule has 0 saturated carbocycles. The maximum absolute atomic E-state index is 6.34. The van der Waals surface area contributed by atoms with Crippen molar-refractivity contribution >= 4 is 50.2 Å². The van der Waals surface area contributed by atoms with Gasteiger partial charge in [0.25, 0.3) is 6.01 Å². The van der Waals surface area contributed by atoms with E-state index < -0.39 is 0 Å². The number of aromatic nitrogens is 1. The van der Waals surface area contributed by atoms with Crippen molar-refractivity contribution in [3.05, 3.63) is 90.3 Å². The fourth-order valence-electron chi connectivity index (χ4n) is 3.87. The first kappa shape index (κ1) is 18.2. The highest BCUT2D eigenvalue weighted by atomic mass is 16.4. The molecule has 0 amide bonds. The van der Waals surface area contributed by atoms with E-state index in [1.54, 1.807) is 0 Å². The average molecular weight is 418 g/mol. The summed E-state index contributed by atoms with van der Waals surface area (Å²) >= 11 is 0. The van der Waals surface area contributed by atoms with Crippen LogP contribution in [0.2, 0.25) is 0 Å². The largest absolute Gasteiger partial charge is 0.456 e. The zero-order valence-electron chi connectivity index (χ0n) is 16.9. The number of benzene rings is 4. The third kappa shape index (κ3) is 3.15. The molecule has 4 N–H and O–H groups in total. The third-order valence-corrected chi connectivity index (χ3v) is 5.44. The van der Waals surface area contributed by atoms with Crippen molar-refractivity contribution in [2.75, 3.05) is 11.5 Å². The van der Waals surface area contributed by atoms with Crippen LogP contribution < -0.4 is 16.8 Å². The number of oxazole rings is 1. The Hall–Kier alpha value is -4.58. The van der Waals surface area contributed by atoms with E-state index in [-0.39, 0.29) is 6.01 Å². The van der Waals surface area contributed by atoms with Crippen LogP contribution in [0.4, 0.5) is 17.4 Å². The second kappa shape index (κ2) is 6.99. The van der Waals surface area contributed by atoms with Crippen LogP contribution in [0.1, 0.15) is 0 Å². The molecule has 0 aliphatic carbocycles. The van der Waals surface area contributed by atoms with Gasteiger partial charge in [-0.3, -0.25) is 0 Å². The van der Waals surface area contributed by atoms with E-state index in [1.807, 2.05) is 66.7 Å². The Balaban J connectivity index is 1.65. The van der Waals surface area contributed by atoms with E-state index in [0.717, 1.165) is 38.3 Å². The van der Waals surface area contributed by atoms with Gasteiger partial charge >= 0.3 is 0 Å².